The van der Waals surface area contributed by atoms with Crippen LogP contribution in [-0.4, -0.2) is 24.0 Å². The third kappa shape index (κ3) is 10.1. The van der Waals surface area contributed by atoms with Gasteiger partial charge >= 0.3 is 6.41 Å². The molecule has 0 aromatic carbocycles. The second-order valence-corrected chi connectivity index (χ2v) is 5.18. The molecule has 11 heavy (non-hydrogen) atoms. The maximum absolute atomic E-state index is 9.64. The van der Waals surface area contributed by atoms with Gasteiger partial charge in [-0.1, -0.05) is 35.4 Å². The normalized spacial score (nSPS) is 10.1. The van der Waals surface area contributed by atoms with E-state index < -0.39 is 0 Å². The van der Waals surface area contributed by atoms with E-state index >= 15 is 0 Å². The molecule has 0 unspecified atom stereocenters. The zero-order chi connectivity index (χ0) is 8.53. The van der Waals surface area contributed by atoms with Gasteiger partial charge in [0.15, 0.2) is 0 Å². The lowest BCUT2D eigenvalue weighted by Gasteiger charge is -2.03. The van der Waals surface area contributed by atoms with Gasteiger partial charge in [0.2, 0.25) is 0 Å². The van der Waals surface area contributed by atoms with Crippen molar-refractivity contribution in [3.8, 4) is 0 Å². The average molecular weight is 193 g/mol. The molecule has 0 aliphatic rings. The van der Waals surface area contributed by atoms with Crippen molar-refractivity contribution in [2.45, 2.75) is 19.1 Å². The van der Waals surface area contributed by atoms with Crippen LogP contribution in [0.15, 0.2) is 0 Å². The van der Waals surface area contributed by atoms with Crippen molar-refractivity contribution in [1.29, 1.82) is 0 Å². The maximum atomic E-state index is 9.64. The van der Waals surface area contributed by atoms with Crippen LogP contribution in [0.1, 0.15) is 13.8 Å². The molecule has 0 bridgehead atoms. The summed E-state index contributed by atoms with van der Waals surface area (Å²) in [7, 11) is 3.64. The molecule has 0 saturated heterocycles. The summed E-state index contributed by atoms with van der Waals surface area (Å²) in [5.74, 6) is 0.984. The van der Waals surface area contributed by atoms with Gasteiger partial charge in [0, 0.05) is 17.5 Å². The van der Waals surface area contributed by atoms with Crippen LogP contribution in [0, 0.1) is 0 Å². The van der Waals surface area contributed by atoms with Crippen LogP contribution in [0.2, 0.25) is 0 Å². The molecular weight excluding hydrogens is 180 g/mol. The SMILES string of the molecule is CC(C)SSCCNN[C]=O. The van der Waals surface area contributed by atoms with Crippen LogP contribution in [0.5, 0.6) is 0 Å². The number of hydrogen-bond donors (Lipinski definition) is 2. The van der Waals surface area contributed by atoms with Gasteiger partial charge in [-0.3, -0.25) is 10.2 Å². The second kappa shape index (κ2) is 8.23. The van der Waals surface area contributed by atoms with Gasteiger partial charge in [-0.15, -0.1) is 0 Å². The first kappa shape index (κ1) is 11.1. The minimum atomic E-state index is 0.658. The minimum Gasteiger partial charge on any atom is -0.283 e. The van der Waals surface area contributed by atoms with Crippen molar-refractivity contribution in [3.05, 3.63) is 0 Å². The number of nitrogens with one attached hydrogen (secondary N) is 2. The van der Waals surface area contributed by atoms with E-state index in [1.807, 2.05) is 10.8 Å². The Bertz CT molecular complexity index is 101. The van der Waals surface area contributed by atoms with Crippen molar-refractivity contribution in [3.63, 3.8) is 0 Å². The Kier molecular flexibility index (Phi) is 8.33. The van der Waals surface area contributed by atoms with E-state index in [9.17, 15) is 4.79 Å². The minimum absolute atomic E-state index is 0.658. The Morgan fingerprint density at radius 2 is 2.27 bits per heavy atom. The Morgan fingerprint density at radius 3 is 2.82 bits per heavy atom. The Balaban J connectivity index is 2.85. The summed E-state index contributed by atoms with van der Waals surface area (Å²) in [6.45, 7) is 5.09. The zero-order valence-electron chi connectivity index (χ0n) is 6.72. The van der Waals surface area contributed by atoms with Gasteiger partial charge < -0.3 is 0 Å². The van der Waals surface area contributed by atoms with Crippen LogP contribution < -0.4 is 10.9 Å². The molecule has 0 aliphatic carbocycles. The van der Waals surface area contributed by atoms with E-state index in [0.717, 1.165) is 12.3 Å². The van der Waals surface area contributed by atoms with Crippen molar-refractivity contribution in [2.24, 2.45) is 0 Å². The summed E-state index contributed by atoms with van der Waals surface area (Å²) in [6, 6.07) is 0. The molecule has 0 atom stereocenters. The highest BCUT2D eigenvalue weighted by Crippen LogP contribution is 2.24. The first-order valence-electron chi connectivity index (χ1n) is 3.40. The lowest BCUT2D eigenvalue weighted by atomic mass is 10.6. The summed E-state index contributed by atoms with van der Waals surface area (Å²) in [6.07, 6.45) is 1.54. The van der Waals surface area contributed by atoms with Crippen molar-refractivity contribution >= 4 is 28.0 Å². The molecule has 1 amide bonds. The fraction of sp³-hybridized carbons (Fsp3) is 0.833. The van der Waals surface area contributed by atoms with E-state index in [-0.39, 0.29) is 0 Å². The average Bonchev–Trinajstić information content (AvgIpc) is 1.96. The van der Waals surface area contributed by atoms with Gasteiger partial charge in [0.1, 0.15) is 0 Å². The van der Waals surface area contributed by atoms with Crippen LogP contribution in [-0.2, 0) is 4.79 Å². The van der Waals surface area contributed by atoms with Crippen molar-refractivity contribution in [2.75, 3.05) is 12.3 Å². The maximum Gasteiger partial charge on any atom is 0.324 e. The van der Waals surface area contributed by atoms with Crippen LogP contribution >= 0.6 is 21.6 Å². The molecule has 0 rings (SSSR count). The Labute approximate surface area is 75.4 Å². The van der Waals surface area contributed by atoms with Gasteiger partial charge in [-0.2, -0.15) is 0 Å². The van der Waals surface area contributed by atoms with Crippen LogP contribution in [0.4, 0.5) is 0 Å². The van der Waals surface area contributed by atoms with Crippen LogP contribution in [0.3, 0.4) is 0 Å². The standard InChI is InChI=1S/C6H13N2OS2/c1-6(2)11-10-4-3-7-8-5-9/h6-7H,3-4H2,1-2H3,(H,8,9). The monoisotopic (exact) mass is 193 g/mol. The lowest BCUT2D eigenvalue weighted by Crippen LogP contribution is -2.31. The number of amides is 1. The second-order valence-electron chi connectivity index (χ2n) is 2.12. The van der Waals surface area contributed by atoms with Crippen molar-refractivity contribution in [1.82, 2.24) is 10.9 Å². The van der Waals surface area contributed by atoms with Crippen molar-refractivity contribution < 1.29 is 4.79 Å². The summed E-state index contributed by atoms with van der Waals surface area (Å²) in [5.41, 5.74) is 4.96. The quantitative estimate of drug-likeness (QED) is 0.273. The Hall–Kier alpha value is 0.130. The number of carbonyl (C=O) groups excluding carboxylic acids is 1. The molecule has 65 valence electrons. The first-order valence-corrected chi connectivity index (χ1v) is 5.79. The highest BCUT2D eigenvalue weighted by molar-refractivity contribution is 8.76. The number of hydrogen-bond acceptors (Lipinski definition) is 4. The van der Waals surface area contributed by atoms with Gasteiger partial charge in [-0.05, 0) is 0 Å². The van der Waals surface area contributed by atoms with Gasteiger partial charge in [0.25, 0.3) is 0 Å². The third-order valence-electron chi connectivity index (χ3n) is 0.710. The molecule has 1 radical (unpaired) electrons. The fourth-order valence-corrected chi connectivity index (χ4v) is 2.28. The molecule has 0 aliphatic heterocycles. The molecule has 0 aromatic heterocycles. The molecule has 0 spiro atoms. The Morgan fingerprint density at radius 1 is 1.55 bits per heavy atom. The summed E-state index contributed by atoms with van der Waals surface area (Å²) in [4.78, 5) is 9.64. The fourth-order valence-electron chi connectivity index (χ4n) is 0.375. The molecule has 0 saturated carbocycles. The molecule has 0 fully saturated rings. The van der Waals surface area contributed by atoms with Gasteiger partial charge in [-0.25, -0.2) is 5.43 Å². The summed E-state index contributed by atoms with van der Waals surface area (Å²) >= 11 is 0. The predicted molar refractivity (Wildman–Crippen MR) is 52.0 cm³/mol. The van der Waals surface area contributed by atoms with E-state index in [4.69, 9.17) is 0 Å². The zero-order valence-corrected chi connectivity index (χ0v) is 8.35. The number of hydrazine groups is 1. The van der Waals surface area contributed by atoms with Crippen LogP contribution in [0.25, 0.3) is 0 Å². The summed E-state index contributed by atoms with van der Waals surface area (Å²) < 4.78 is 0. The largest absolute Gasteiger partial charge is 0.324 e. The summed E-state index contributed by atoms with van der Waals surface area (Å²) in [5, 5.41) is 0.658. The highest BCUT2D eigenvalue weighted by atomic mass is 33.1. The van der Waals surface area contributed by atoms with E-state index in [0.29, 0.717) is 5.25 Å². The molecule has 2 N–H and O–H groups in total. The number of rotatable bonds is 7. The topological polar surface area (TPSA) is 41.1 Å². The highest BCUT2D eigenvalue weighted by Gasteiger charge is 1.93. The third-order valence-corrected chi connectivity index (χ3v) is 3.67. The van der Waals surface area contributed by atoms with E-state index in [1.54, 1.807) is 17.2 Å². The molecule has 0 heterocycles. The van der Waals surface area contributed by atoms with E-state index in [1.165, 1.54) is 0 Å². The molecule has 0 aromatic rings. The predicted octanol–water partition coefficient (Wildman–Crippen LogP) is 0.938. The molecule has 5 heteroatoms. The molecule has 3 nitrogen and oxygen atoms in total. The van der Waals surface area contributed by atoms with Gasteiger partial charge in [0.05, 0.1) is 0 Å². The van der Waals surface area contributed by atoms with E-state index in [2.05, 4.69) is 24.7 Å². The lowest BCUT2D eigenvalue weighted by molar-refractivity contribution is 0.525. The molecular formula is C6H13N2OS2. The first-order chi connectivity index (χ1) is 5.27. The smallest absolute Gasteiger partial charge is 0.283 e.